The van der Waals surface area contributed by atoms with Crippen molar-refractivity contribution in [2.45, 2.75) is 31.7 Å². The van der Waals surface area contributed by atoms with E-state index < -0.39 is 10.0 Å². The molecule has 2 rings (SSSR count). The lowest BCUT2D eigenvalue weighted by atomic mass is 10.2. The van der Waals surface area contributed by atoms with Crippen LogP contribution in [0, 0.1) is 25.2 Å². The second-order valence-electron chi connectivity index (χ2n) is 5.01. The van der Waals surface area contributed by atoms with Crippen LogP contribution in [0.4, 0.5) is 0 Å². The average Bonchev–Trinajstić information content (AvgIpc) is 2.88. The first-order valence-electron chi connectivity index (χ1n) is 6.92. The average molecular weight is 318 g/mol. The molecule has 1 heterocycles. The Balaban J connectivity index is 1.97. The van der Waals surface area contributed by atoms with Crippen molar-refractivity contribution in [1.29, 1.82) is 5.26 Å². The predicted octanol–water partition coefficient (Wildman–Crippen LogP) is 1.74. The quantitative estimate of drug-likeness (QED) is 0.822. The molecule has 0 bridgehead atoms. The van der Waals surface area contributed by atoms with Crippen molar-refractivity contribution < 1.29 is 8.42 Å². The van der Waals surface area contributed by atoms with E-state index in [9.17, 15) is 8.42 Å². The van der Waals surface area contributed by atoms with Crippen molar-refractivity contribution in [3.05, 3.63) is 47.5 Å². The van der Waals surface area contributed by atoms with Gasteiger partial charge in [0.2, 0.25) is 10.0 Å². The lowest BCUT2D eigenvalue weighted by molar-refractivity contribution is 0.567. The monoisotopic (exact) mass is 318 g/mol. The maximum Gasteiger partial charge on any atom is 0.240 e. The minimum Gasteiger partial charge on any atom is -0.335 e. The molecule has 22 heavy (non-hydrogen) atoms. The number of hydrogen-bond acceptors (Lipinski definition) is 4. The van der Waals surface area contributed by atoms with Crippen molar-refractivity contribution in [1.82, 2.24) is 14.3 Å². The van der Waals surface area contributed by atoms with Crippen LogP contribution in [0.25, 0.3) is 0 Å². The number of imidazole rings is 1. The van der Waals surface area contributed by atoms with Crippen LogP contribution in [0.3, 0.4) is 0 Å². The SMILES string of the molecule is Cc1cc(C#N)ccc1S(=O)(=O)NCCCn1ccnc1C. The number of nitrogens with one attached hydrogen (secondary N) is 1. The number of nitriles is 1. The number of nitrogens with zero attached hydrogens (tertiary/aromatic N) is 3. The number of hydrogen-bond donors (Lipinski definition) is 1. The van der Waals surface area contributed by atoms with Crippen molar-refractivity contribution in [2.75, 3.05) is 6.54 Å². The van der Waals surface area contributed by atoms with Crippen LogP contribution in [0.1, 0.15) is 23.4 Å². The summed E-state index contributed by atoms with van der Waals surface area (Å²) in [5, 5.41) is 8.82. The molecule has 0 aliphatic rings. The smallest absolute Gasteiger partial charge is 0.240 e. The molecule has 0 aliphatic carbocycles. The summed E-state index contributed by atoms with van der Waals surface area (Å²) < 4.78 is 29.1. The summed E-state index contributed by atoms with van der Waals surface area (Å²) in [5.74, 6) is 0.908. The molecule has 1 N–H and O–H groups in total. The minimum atomic E-state index is -3.55. The van der Waals surface area contributed by atoms with E-state index in [1.54, 1.807) is 19.2 Å². The zero-order chi connectivity index (χ0) is 16.2. The Morgan fingerprint density at radius 1 is 1.36 bits per heavy atom. The van der Waals surface area contributed by atoms with Gasteiger partial charge in [0, 0.05) is 25.5 Å². The van der Waals surface area contributed by atoms with Gasteiger partial charge in [-0.15, -0.1) is 0 Å². The molecule has 1 aromatic carbocycles. The van der Waals surface area contributed by atoms with E-state index in [0.717, 1.165) is 5.82 Å². The van der Waals surface area contributed by atoms with Gasteiger partial charge >= 0.3 is 0 Å². The first-order chi connectivity index (χ1) is 10.4. The van der Waals surface area contributed by atoms with Gasteiger partial charge in [-0.25, -0.2) is 18.1 Å². The molecule has 0 radical (unpaired) electrons. The van der Waals surface area contributed by atoms with Gasteiger partial charge in [-0.05, 0) is 44.0 Å². The standard InChI is InChI=1S/C15H18N4O2S/c1-12-10-14(11-16)4-5-15(12)22(20,21)18-6-3-8-19-9-7-17-13(19)2/h4-5,7,9-10,18H,3,6,8H2,1-2H3. The fraction of sp³-hybridized carbons (Fsp3) is 0.333. The minimum absolute atomic E-state index is 0.213. The molecule has 2 aromatic rings. The first kappa shape index (κ1) is 16.2. The highest BCUT2D eigenvalue weighted by atomic mass is 32.2. The summed E-state index contributed by atoms with van der Waals surface area (Å²) in [6.07, 6.45) is 4.26. The van der Waals surface area contributed by atoms with E-state index in [1.807, 2.05) is 23.8 Å². The molecule has 0 saturated carbocycles. The lowest BCUT2D eigenvalue weighted by Gasteiger charge is -2.10. The predicted molar refractivity (Wildman–Crippen MR) is 82.7 cm³/mol. The maximum atomic E-state index is 12.3. The van der Waals surface area contributed by atoms with Gasteiger partial charge in [0.25, 0.3) is 0 Å². The van der Waals surface area contributed by atoms with Gasteiger partial charge in [-0.2, -0.15) is 5.26 Å². The van der Waals surface area contributed by atoms with E-state index in [4.69, 9.17) is 5.26 Å². The second kappa shape index (κ2) is 6.73. The van der Waals surface area contributed by atoms with Gasteiger partial charge in [-0.1, -0.05) is 0 Å². The van der Waals surface area contributed by atoms with Crippen LogP contribution in [0.5, 0.6) is 0 Å². The molecule has 116 valence electrons. The molecule has 0 saturated heterocycles. The molecule has 7 heteroatoms. The summed E-state index contributed by atoms with van der Waals surface area (Å²) >= 11 is 0. The Labute approximate surface area is 130 Å². The summed E-state index contributed by atoms with van der Waals surface area (Å²) in [6, 6.07) is 6.55. The van der Waals surface area contributed by atoms with Gasteiger partial charge < -0.3 is 4.57 Å². The number of rotatable bonds is 6. The third-order valence-corrected chi connectivity index (χ3v) is 5.01. The van der Waals surface area contributed by atoms with Crippen LogP contribution in [-0.4, -0.2) is 24.5 Å². The highest BCUT2D eigenvalue weighted by molar-refractivity contribution is 7.89. The highest BCUT2D eigenvalue weighted by Crippen LogP contribution is 2.16. The normalized spacial score (nSPS) is 11.3. The fourth-order valence-corrected chi connectivity index (χ4v) is 3.49. The van der Waals surface area contributed by atoms with Gasteiger partial charge in [0.1, 0.15) is 5.82 Å². The van der Waals surface area contributed by atoms with E-state index in [1.165, 1.54) is 12.1 Å². The zero-order valence-corrected chi connectivity index (χ0v) is 13.4. The number of benzene rings is 1. The Morgan fingerprint density at radius 3 is 2.73 bits per heavy atom. The van der Waals surface area contributed by atoms with E-state index in [-0.39, 0.29) is 4.90 Å². The number of sulfonamides is 1. The fourth-order valence-electron chi connectivity index (χ4n) is 2.19. The van der Waals surface area contributed by atoms with Gasteiger partial charge in [0.05, 0.1) is 16.5 Å². The molecule has 6 nitrogen and oxygen atoms in total. The lowest BCUT2D eigenvalue weighted by Crippen LogP contribution is -2.26. The van der Waals surface area contributed by atoms with Crippen LogP contribution in [0.2, 0.25) is 0 Å². The van der Waals surface area contributed by atoms with Crippen molar-refractivity contribution in [2.24, 2.45) is 0 Å². The molecule has 0 fully saturated rings. The third kappa shape index (κ3) is 3.72. The molecule has 0 unspecified atom stereocenters. The first-order valence-corrected chi connectivity index (χ1v) is 8.40. The molecule has 0 aliphatic heterocycles. The molecular weight excluding hydrogens is 300 g/mol. The third-order valence-electron chi connectivity index (χ3n) is 3.39. The van der Waals surface area contributed by atoms with Crippen LogP contribution in [-0.2, 0) is 16.6 Å². The van der Waals surface area contributed by atoms with Crippen LogP contribution >= 0.6 is 0 Å². The van der Waals surface area contributed by atoms with Crippen molar-refractivity contribution in [3.63, 3.8) is 0 Å². The van der Waals surface area contributed by atoms with Gasteiger partial charge in [0.15, 0.2) is 0 Å². The largest absolute Gasteiger partial charge is 0.335 e. The molecule has 0 atom stereocenters. The molecule has 0 spiro atoms. The van der Waals surface area contributed by atoms with Crippen molar-refractivity contribution >= 4 is 10.0 Å². The maximum absolute atomic E-state index is 12.3. The van der Waals surface area contributed by atoms with Gasteiger partial charge in [-0.3, -0.25) is 0 Å². The summed E-state index contributed by atoms with van der Waals surface area (Å²) in [6.45, 7) is 4.65. The Bertz CT molecular complexity index is 803. The number of aryl methyl sites for hydroxylation is 3. The Hall–Kier alpha value is -2.17. The number of aromatic nitrogens is 2. The van der Waals surface area contributed by atoms with Crippen molar-refractivity contribution in [3.8, 4) is 6.07 Å². The van der Waals surface area contributed by atoms with E-state index in [2.05, 4.69) is 9.71 Å². The molecule has 0 amide bonds. The topological polar surface area (TPSA) is 87.8 Å². The molecular formula is C15H18N4O2S. The second-order valence-corrected chi connectivity index (χ2v) is 6.75. The van der Waals surface area contributed by atoms with Crippen LogP contribution in [0.15, 0.2) is 35.5 Å². The zero-order valence-electron chi connectivity index (χ0n) is 12.6. The Kier molecular flexibility index (Phi) is 4.96. The summed E-state index contributed by atoms with van der Waals surface area (Å²) in [7, 11) is -3.55. The molecule has 1 aromatic heterocycles. The van der Waals surface area contributed by atoms with E-state index in [0.29, 0.717) is 30.6 Å². The summed E-state index contributed by atoms with van der Waals surface area (Å²) in [5.41, 5.74) is 1.02. The highest BCUT2D eigenvalue weighted by Gasteiger charge is 2.16. The van der Waals surface area contributed by atoms with E-state index >= 15 is 0 Å². The van der Waals surface area contributed by atoms with Crippen LogP contribution < -0.4 is 4.72 Å². The Morgan fingerprint density at radius 2 is 2.14 bits per heavy atom. The summed E-state index contributed by atoms with van der Waals surface area (Å²) in [4.78, 5) is 4.33.